The van der Waals surface area contributed by atoms with Gasteiger partial charge in [0.1, 0.15) is 0 Å². The van der Waals surface area contributed by atoms with E-state index in [1.54, 1.807) is 42.5 Å². The number of hydrogen-bond acceptors (Lipinski definition) is 4. The highest BCUT2D eigenvalue weighted by Crippen LogP contribution is 2.33. The number of carbonyl (C=O) groups excluding carboxylic acids is 2. The third-order valence-electron chi connectivity index (χ3n) is 3.36. The van der Waals surface area contributed by atoms with Gasteiger partial charge < -0.3 is 5.73 Å². The molecule has 0 saturated carbocycles. The zero-order valence-electron chi connectivity index (χ0n) is 12.0. The van der Waals surface area contributed by atoms with E-state index >= 15 is 0 Å². The summed E-state index contributed by atoms with van der Waals surface area (Å²) in [5, 5.41) is 0.345. The summed E-state index contributed by atoms with van der Waals surface area (Å²) in [7, 11) is 0. The van der Waals surface area contributed by atoms with Gasteiger partial charge in [-0.25, -0.2) is 0 Å². The summed E-state index contributed by atoms with van der Waals surface area (Å²) >= 11 is 6.79. The Bertz CT molecular complexity index is 785. The number of nitrogens with two attached hydrogens (primary N) is 1. The van der Waals surface area contributed by atoms with Crippen LogP contribution < -0.4 is 5.73 Å². The van der Waals surface area contributed by atoms with E-state index in [2.05, 4.69) is 0 Å². The lowest BCUT2D eigenvalue weighted by atomic mass is 10.2. The molecule has 1 aliphatic rings. The van der Waals surface area contributed by atoms with Gasteiger partial charge in [-0.15, -0.1) is 0 Å². The minimum absolute atomic E-state index is 0.237. The first-order valence-corrected chi connectivity index (χ1v) is 8.08. The molecule has 1 heterocycles. The zero-order valence-corrected chi connectivity index (χ0v) is 13.6. The molecule has 1 saturated heterocycles. The third kappa shape index (κ3) is 3.57. The van der Waals surface area contributed by atoms with Crippen LogP contribution in [0, 0.1) is 0 Å². The Morgan fingerprint density at radius 3 is 2.35 bits per heavy atom. The highest BCUT2D eigenvalue weighted by molar-refractivity contribution is 8.18. The maximum absolute atomic E-state index is 12.4. The Kier molecular flexibility index (Phi) is 4.41. The van der Waals surface area contributed by atoms with E-state index in [1.165, 1.54) is 4.90 Å². The topological polar surface area (TPSA) is 63.4 Å². The monoisotopic (exact) mass is 344 g/mol. The number of hydrogen-bond donors (Lipinski definition) is 1. The lowest BCUT2D eigenvalue weighted by Gasteiger charge is -2.12. The summed E-state index contributed by atoms with van der Waals surface area (Å²) < 4.78 is 0. The van der Waals surface area contributed by atoms with Gasteiger partial charge >= 0.3 is 0 Å². The first kappa shape index (κ1) is 15.6. The van der Waals surface area contributed by atoms with Gasteiger partial charge in [-0.3, -0.25) is 14.5 Å². The lowest BCUT2D eigenvalue weighted by molar-refractivity contribution is -0.123. The standard InChI is InChI=1S/C17H13ClN2O2S/c18-13-5-1-12(2-6-13)10-20-16(21)15(23-17(20)22)9-11-3-7-14(19)8-4-11/h1-9H,10,19H2/b15-9-. The minimum atomic E-state index is -0.285. The van der Waals surface area contributed by atoms with Gasteiger partial charge in [0.05, 0.1) is 11.4 Å². The van der Waals surface area contributed by atoms with Crippen molar-refractivity contribution >= 4 is 46.3 Å². The van der Waals surface area contributed by atoms with Crippen molar-refractivity contribution in [3.63, 3.8) is 0 Å². The van der Waals surface area contributed by atoms with Crippen LogP contribution in [0.5, 0.6) is 0 Å². The number of nitrogens with zero attached hydrogens (tertiary/aromatic N) is 1. The molecule has 1 aliphatic heterocycles. The van der Waals surface area contributed by atoms with Gasteiger partial charge in [0, 0.05) is 10.7 Å². The fourth-order valence-corrected chi connectivity index (χ4v) is 3.12. The number of carbonyl (C=O) groups is 2. The van der Waals surface area contributed by atoms with Crippen molar-refractivity contribution in [2.45, 2.75) is 6.54 Å². The normalized spacial score (nSPS) is 16.4. The second-order valence-corrected chi connectivity index (χ2v) is 6.49. The molecule has 2 amide bonds. The summed E-state index contributed by atoms with van der Waals surface area (Å²) in [4.78, 5) is 26.2. The van der Waals surface area contributed by atoms with Crippen LogP contribution in [0.4, 0.5) is 10.5 Å². The van der Waals surface area contributed by atoms with Crippen LogP contribution in [-0.2, 0) is 11.3 Å². The number of benzene rings is 2. The van der Waals surface area contributed by atoms with E-state index < -0.39 is 0 Å². The Morgan fingerprint density at radius 2 is 1.70 bits per heavy atom. The molecule has 2 aromatic rings. The molecule has 1 fully saturated rings. The average Bonchev–Trinajstić information content (AvgIpc) is 2.79. The Morgan fingerprint density at radius 1 is 1.04 bits per heavy atom. The molecule has 116 valence electrons. The van der Waals surface area contributed by atoms with Crippen molar-refractivity contribution in [1.29, 1.82) is 0 Å². The second kappa shape index (κ2) is 6.48. The van der Waals surface area contributed by atoms with Gasteiger partial charge in [-0.2, -0.15) is 0 Å². The quantitative estimate of drug-likeness (QED) is 0.670. The van der Waals surface area contributed by atoms with Crippen molar-refractivity contribution in [3.8, 4) is 0 Å². The summed E-state index contributed by atoms with van der Waals surface area (Å²) in [5.41, 5.74) is 7.97. The molecule has 0 bridgehead atoms. The van der Waals surface area contributed by atoms with E-state index in [0.29, 0.717) is 15.6 Å². The molecule has 0 aromatic heterocycles. The van der Waals surface area contributed by atoms with Gasteiger partial charge in [0.2, 0.25) is 0 Å². The van der Waals surface area contributed by atoms with Crippen molar-refractivity contribution in [3.05, 3.63) is 69.6 Å². The van der Waals surface area contributed by atoms with Crippen LogP contribution in [0.1, 0.15) is 11.1 Å². The summed E-state index contributed by atoms with van der Waals surface area (Å²) in [6, 6.07) is 14.2. The van der Waals surface area contributed by atoms with Gasteiger partial charge in [-0.1, -0.05) is 35.9 Å². The van der Waals surface area contributed by atoms with Crippen LogP contribution in [0.3, 0.4) is 0 Å². The largest absolute Gasteiger partial charge is 0.399 e. The van der Waals surface area contributed by atoms with Gasteiger partial charge in [-0.05, 0) is 53.2 Å². The van der Waals surface area contributed by atoms with E-state index in [-0.39, 0.29) is 17.7 Å². The number of thioether (sulfide) groups is 1. The number of anilines is 1. The number of imide groups is 1. The predicted octanol–water partition coefficient (Wildman–Crippen LogP) is 4.16. The van der Waals surface area contributed by atoms with E-state index in [0.717, 1.165) is 22.9 Å². The van der Waals surface area contributed by atoms with Crippen LogP contribution in [0.15, 0.2) is 53.4 Å². The zero-order chi connectivity index (χ0) is 16.4. The number of rotatable bonds is 3. The third-order valence-corrected chi connectivity index (χ3v) is 4.52. The molecule has 0 unspecified atom stereocenters. The van der Waals surface area contributed by atoms with Gasteiger partial charge in [0.15, 0.2) is 0 Å². The molecule has 0 radical (unpaired) electrons. The van der Waals surface area contributed by atoms with Crippen molar-refractivity contribution < 1.29 is 9.59 Å². The highest BCUT2D eigenvalue weighted by Gasteiger charge is 2.34. The summed E-state index contributed by atoms with van der Waals surface area (Å²) in [6.07, 6.45) is 1.70. The maximum atomic E-state index is 12.4. The van der Waals surface area contributed by atoms with Gasteiger partial charge in [0.25, 0.3) is 11.1 Å². The van der Waals surface area contributed by atoms with E-state index in [9.17, 15) is 9.59 Å². The first-order chi connectivity index (χ1) is 11.0. The Balaban J connectivity index is 1.79. The number of nitrogen functional groups attached to an aromatic ring is 1. The highest BCUT2D eigenvalue weighted by atomic mass is 35.5. The van der Waals surface area contributed by atoms with E-state index in [4.69, 9.17) is 17.3 Å². The second-order valence-electron chi connectivity index (χ2n) is 5.06. The summed E-state index contributed by atoms with van der Waals surface area (Å²) in [5.74, 6) is -0.285. The van der Waals surface area contributed by atoms with Crippen molar-refractivity contribution in [1.82, 2.24) is 4.90 Å². The van der Waals surface area contributed by atoms with Crippen LogP contribution >= 0.6 is 23.4 Å². The number of halogens is 1. The maximum Gasteiger partial charge on any atom is 0.293 e. The van der Waals surface area contributed by atoms with E-state index in [1.807, 2.05) is 12.1 Å². The molecular weight excluding hydrogens is 332 g/mol. The molecule has 2 aromatic carbocycles. The molecular formula is C17H13ClN2O2S. The molecule has 4 nitrogen and oxygen atoms in total. The van der Waals surface area contributed by atoms with Crippen LogP contribution in [0.25, 0.3) is 6.08 Å². The fraction of sp³-hybridized carbons (Fsp3) is 0.0588. The molecule has 0 aliphatic carbocycles. The smallest absolute Gasteiger partial charge is 0.293 e. The Hall–Kier alpha value is -2.24. The molecule has 6 heteroatoms. The SMILES string of the molecule is Nc1ccc(/C=C2\SC(=O)N(Cc3ccc(Cl)cc3)C2=O)cc1. The predicted molar refractivity (Wildman–Crippen MR) is 93.8 cm³/mol. The van der Waals surface area contributed by atoms with Crippen LogP contribution in [0.2, 0.25) is 5.02 Å². The molecule has 3 rings (SSSR count). The number of amides is 2. The molecule has 0 atom stereocenters. The first-order valence-electron chi connectivity index (χ1n) is 6.88. The summed E-state index contributed by atoms with van der Waals surface area (Å²) in [6.45, 7) is 0.237. The van der Waals surface area contributed by atoms with Crippen molar-refractivity contribution in [2.75, 3.05) is 5.73 Å². The Labute approximate surface area is 142 Å². The minimum Gasteiger partial charge on any atom is -0.399 e. The average molecular weight is 345 g/mol. The molecule has 0 spiro atoms. The molecule has 2 N–H and O–H groups in total. The fourth-order valence-electron chi connectivity index (χ4n) is 2.15. The molecule has 23 heavy (non-hydrogen) atoms. The lowest BCUT2D eigenvalue weighted by Crippen LogP contribution is -2.27. The van der Waals surface area contributed by atoms with Crippen LogP contribution in [-0.4, -0.2) is 16.0 Å². The van der Waals surface area contributed by atoms with Crippen molar-refractivity contribution in [2.24, 2.45) is 0 Å².